The molecule has 0 aliphatic carbocycles. The number of aromatic nitrogens is 2. The van der Waals surface area contributed by atoms with Crippen molar-refractivity contribution in [3.8, 4) is 0 Å². The lowest BCUT2D eigenvalue weighted by molar-refractivity contribution is 0.0943. The normalized spacial score (nSPS) is 10.5. The Morgan fingerprint density at radius 1 is 1.27 bits per heavy atom. The zero-order valence-electron chi connectivity index (χ0n) is 13.1. The van der Waals surface area contributed by atoms with Crippen molar-refractivity contribution < 1.29 is 9.21 Å². The average molecular weight is 302 g/mol. The molecular formula is C16H22N4O2. The van der Waals surface area contributed by atoms with Gasteiger partial charge in [-0.05, 0) is 31.0 Å². The van der Waals surface area contributed by atoms with Crippen molar-refractivity contribution in [3.63, 3.8) is 0 Å². The summed E-state index contributed by atoms with van der Waals surface area (Å²) in [5, 5.41) is 2.79. The molecule has 0 saturated heterocycles. The number of nitrogens with zero attached hydrogens (tertiary/aromatic N) is 3. The van der Waals surface area contributed by atoms with Crippen molar-refractivity contribution in [2.45, 2.75) is 33.2 Å². The van der Waals surface area contributed by atoms with Gasteiger partial charge in [-0.1, -0.05) is 13.8 Å². The second-order valence-electron chi connectivity index (χ2n) is 4.99. The summed E-state index contributed by atoms with van der Waals surface area (Å²) in [7, 11) is 0. The van der Waals surface area contributed by atoms with Gasteiger partial charge in [-0.2, -0.15) is 0 Å². The zero-order valence-corrected chi connectivity index (χ0v) is 13.1. The Balaban J connectivity index is 2.04. The van der Waals surface area contributed by atoms with Crippen LogP contribution >= 0.6 is 0 Å². The van der Waals surface area contributed by atoms with Gasteiger partial charge in [0.1, 0.15) is 11.5 Å². The van der Waals surface area contributed by atoms with E-state index in [1.54, 1.807) is 24.6 Å². The number of hydrogen-bond donors (Lipinski definition) is 1. The number of amides is 1. The molecule has 0 aliphatic heterocycles. The first kappa shape index (κ1) is 16.0. The summed E-state index contributed by atoms with van der Waals surface area (Å²) < 4.78 is 5.19. The fourth-order valence-corrected chi connectivity index (χ4v) is 2.15. The molecule has 0 saturated carbocycles. The standard InChI is InChI=1S/C16H22N4O2/c1-3-9-20(10-4-2)16-17-8-7-14(19-16)15(21)18-12-13-6-5-11-22-13/h5-8,11H,3-4,9-10,12H2,1-2H3,(H,18,21). The van der Waals surface area contributed by atoms with Crippen LogP contribution in [0.3, 0.4) is 0 Å². The molecule has 2 aromatic heterocycles. The van der Waals surface area contributed by atoms with Gasteiger partial charge in [-0.25, -0.2) is 9.97 Å². The monoisotopic (exact) mass is 302 g/mol. The molecule has 1 amide bonds. The molecular weight excluding hydrogens is 280 g/mol. The predicted molar refractivity (Wildman–Crippen MR) is 84.7 cm³/mol. The summed E-state index contributed by atoms with van der Waals surface area (Å²) in [5.74, 6) is 1.09. The molecule has 2 rings (SSSR count). The van der Waals surface area contributed by atoms with Gasteiger partial charge < -0.3 is 14.6 Å². The van der Waals surface area contributed by atoms with Crippen LogP contribution < -0.4 is 10.2 Å². The Morgan fingerprint density at radius 2 is 2.05 bits per heavy atom. The number of anilines is 1. The molecule has 0 radical (unpaired) electrons. The largest absolute Gasteiger partial charge is 0.467 e. The molecule has 118 valence electrons. The van der Waals surface area contributed by atoms with Crippen molar-refractivity contribution in [3.05, 3.63) is 42.1 Å². The molecule has 0 spiro atoms. The van der Waals surface area contributed by atoms with E-state index in [4.69, 9.17) is 4.42 Å². The smallest absolute Gasteiger partial charge is 0.270 e. The van der Waals surface area contributed by atoms with E-state index >= 15 is 0 Å². The van der Waals surface area contributed by atoms with E-state index in [-0.39, 0.29) is 5.91 Å². The molecule has 6 nitrogen and oxygen atoms in total. The molecule has 1 N–H and O–H groups in total. The predicted octanol–water partition coefficient (Wildman–Crippen LogP) is 2.63. The van der Waals surface area contributed by atoms with Crippen LogP contribution in [-0.2, 0) is 6.54 Å². The van der Waals surface area contributed by atoms with E-state index in [9.17, 15) is 4.79 Å². The third-order valence-corrected chi connectivity index (χ3v) is 3.15. The van der Waals surface area contributed by atoms with Crippen LogP contribution in [-0.4, -0.2) is 29.0 Å². The first-order valence-corrected chi connectivity index (χ1v) is 7.63. The second-order valence-corrected chi connectivity index (χ2v) is 4.99. The average Bonchev–Trinajstić information content (AvgIpc) is 3.06. The Morgan fingerprint density at radius 3 is 2.68 bits per heavy atom. The van der Waals surface area contributed by atoms with Gasteiger partial charge in [0, 0.05) is 19.3 Å². The van der Waals surface area contributed by atoms with Crippen LogP contribution in [0.2, 0.25) is 0 Å². The van der Waals surface area contributed by atoms with Crippen molar-refractivity contribution in [1.82, 2.24) is 15.3 Å². The van der Waals surface area contributed by atoms with Gasteiger partial charge in [0.2, 0.25) is 5.95 Å². The Bertz CT molecular complexity index is 578. The van der Waals surface area contributed by atoms with Crippen LogP contribution in [0.4, 0.5) is 5.95 Å². The van der Waals surface area contributed by atoms with Crippen molar-refractivity contribution in [1.29, 1.82) is 0 Å². The molecule has 0 fully saturated rings. The molecule has 0 aromatic carbocycles. The maximum atomic E-state index is 12.2. The summed E-state index contributed by atoms with van der Waals surface area (Å²) in [6, 6.07) is 5.23. The first-order chi connectivity index (χ1) is 10.7. The molecule has 0 atom stereocenters. The van der Waals surface area contributed by atoms with E-state index < -0.39 is 0 Å². The highest BCUT2D eigenvalue weighted by Gasteiger charge is 2.12. The maximum absolute atomic E-state index is 12.2. The number of nitrogens with one attached hydrogen (secondary N) is 1. The van der Waals surface area contributed by atoms with E-state index in [0.717, 1.165) is 25.9 Å². The Labute approximate surface area is 130 Å². The van der Waals surface area contributed by atoms with Crippen LogP contribution in [0, 0.1) is 0 Å². The highest BCUT2D eigenvalue weighted by Crippen LogP contribution is 2.09. The van der Waals surface area contributed by atoms with Crippen molar-refractivity contribution in [2.24, 2.45) is 0 Å². The minimum Gasteiger partial charge on any atom is -0.467 e. The van der Waals surface area contributed by atoms with Gasteiger partial charge in [0.25, 0.3) is 5.91 Å². The van der Waals surface area contributed by atoms with Crippen LogP contribution in [0.5, 0.6) is 0 Å². The Hall–Kier alpha value is -2.37. The topological polar surface area (TPSA) is 71.3 Å². The molecule has 0 aliphatic rings. The van der Waals surface area contributed by atoms with E-state index in [1.165, 1.54) is 0 Å². The lowest BCUT2D eigenvalue weighted by Gasteiger charge is -2.21. The molecule has 0 unspecified atom stereocenters. The summed E-state index contributed by atoms with van der Waals surface area (Å²) in [6.45, 7) is 6.33. The van der Waals surface area contributed by atoms with Crippen molar-refractivity contribution >= 4 is 11.9 Å². The molecule has 22 heavy (non-hydrogen) atoms. The van der Waals surface area contributed by atoms with Crippen LogP contribution in [0.15, 0.2) is 35.1 Å². The fraction of sp³-hybridized carbons (Fsp3) is 0.438. The highest BCUT2D eigenvalue weighted by atomic mass is 16.3. The minimum absolute atomic E-state index is 0.229. The second kappa shape index (κ2) is 8.17. The Kier molecular flexibility index (Phi) is 5.94. The highest BCUT2D eigenvalue weighted by molar-refractivity contribution is 5.92. The molecule has 2 heterocycles. The van der Waals surface area contributed by atoms with Gasteiger partial charge >= 0.3 is 0 Å². The van der Waals surface area contributed by atoms with E-state index in [1.807, 2.05) is 6.07 Å². The van der Waals surface area contributed by atoms with Gasteiger partial charge in [0.15, 0.2) is 0 Å². The zero-order chi connectivity index (χ0) is 15.8. The summed E-state index contributed by atoms with van der Waals surface area (Å²) in [6.07, 6.45) is 5.23. The summed E-state index contributed by atoms with van der Waals surface area (Å²) >= 11 is 0. The number of hydrogen-bond acceptors (Lipinski definition) is 5. The third-order valence-electron chi connectivity index (χ3n) is 3.15. The third kappa shape index (κ3) is 4.31. The number of furan rings is 1. The quantitative estimate of drug-likeness (QED) is 0.811. The lowest BCUT2D eigenvalue weighted by atomic mass is 10.3. The summed E-state index contributed by atoms with van der Waals surface area (Å²) in [5.41, 5.74) is 0.369. The van der Waals surface area contributed by atoms with E-state index in [0.29, 0.717) is 23.9 Å². The maximum Gasteiger partial charge on any atom is 0.270 e. The minimum atomic E-state index is -0.229. The number of rotatable bonds is 8. The first-order valence-electron chi connectivity index (χ1n) is 7.63. The van der Waals surface area contributed by atoms with Gasteiger partial charge in [-0.3, -0.25) is 4.79 Å². The molecule has 0 bridgehead atoms. The number of carbonyl (C=O) groups is 1. The summed E-state index contributed by atoms with van der Waals surface area (Å²) in [4.78, 5) is 22.9. The molecule has 6 heteroatoms. The van der Waals surface area contributed by atoms with Gasteiger partial charge in [-0.15, -0.1) is 0 Å². The van der Waals surface area contributed by atoms with Crippen molar-refractivity contribution in [2.75, 3.05) is 18.0 Å². The number of carbonyl (C=O) groups excluding carboxylic acids is 1. The van der Waals surface area contributed by atoms with E-state index in [2.05, 4.69) is 34.0 Å². The lowest BCUT2D eigenvalue weighted by Crippen LogP contribution is -2.29. The van der Waals surface area contributed by atoms with Crippen LogP contribution in [0.1, 0.15) is 42.9 Å². The van der Waals surface area contributed by atoms with Gasteiger partial charge in [0.05, 0.1) is 12.8 Å². The molecule has 2 aromatic rings. The fourth-order valence-electron chi connectivity index (χ4n) is 2.15. The van der Waals surface area contributed by atoms with Crippen LogP contribution in [0.25, 0.3) is 0 Å². The SMILES string of the molecule is CCCN(CCC)c1nccc(C(=O)NCc2ccco2)n1.